The van der Waals surface area contributed by atoms with Gasteiger partial charge in [0.15, 0.2) is 0 Å². The third kappa shape index (κ3) is 4.51. The largest absolute Gasteiger partial charge is 0.306 e. The van der Waals surface area contributed by atoms with Gasteiger partial charge in [0, 0.05) is 17.8 Å². The molecule has 0 bridgehead atoms. The molecule has 2 atom stereocenters. The predicted octanol–water partition coefficient (Wildman–Crippen LogP) is 3.82. The fourth-order valence-corrected chi connectivity index (χ4v) is 5.31. The Morgan fingerprint density at radius 3 is 2.50 bits per heavy atom. The zero-order chi connectivity index (χ0) is 21.3. The molecule has 0 saturated heterocycles. The average molecular weight is 443 g/mol. The molecule has 1 N–H and O–H groups in total. The second-order valence-corrected chi connectivity index (χ2v) is 9.90. The Kier molecular flexibility index (Phi) is 5.82. The molecule has 1 aliphatic heterocycles. The van der Waals surface area contributed by atoms with E-state index in [1.165, 1.54) is 6.07 Å². The van der Waals surface area contributed by atoms with E-state index in [0.29, 0.717) is 24.3 Å². The molecule has 7 heteroatoms. The quantitative estimate of drug-likeness (QED) is 0.653. The third-order valence-corrected chi connectivity index (χ3v) is 6.58. The van der Waals surface area contributed by atoms with E-state index in [4.69, 9.17) is 11.6 Å². The van der Waals surface area contributed by atoms with Gasteiger partial charge in [0.05, 0.1) is 17.3 Å². The number of sulfonamides is 1. The molecule has 0 fully saturated rings. The van der Waals surface area contributed by atoms with Crippen LogP contribution in [-0.4, -0.2) is 25.3 Å². The van der Waals surface area contributed by atoms with Crippen molar-refractivity contribution in [1.29, 1.82) is 0 Å². The number of benzene rings is 2. The van der Waals surface area contributed by atoms with Gasteiger partial charge in [-0.1, -0.05) is 66.2 Å². The first-order chi connectivity index (χ1) is 14.3. The van der Waals surface area contributed by atoms with Crippen LogP contribution in [0.3, 0.4) is 0 Å². The van der Waals surface area contributed by atoms with Crippen molar-refractivity contribution in [3.05, 3.63) is 93.4 Å². The van der Waals surface area contributed by atoms with E-state index in [0.717, 1.165) is 28.6 Å². The highest BCUT2D eigenvalue weighted by atomic mass is 35.5. The summed E-state index contributed by atoms with van der Waals surface area (Å²) in [5.41, 5.74) is 3.81. The molecule has 30 heavy (non-hydrogen) atoms. The van der Waals surface area contributed by atoms with E-state index in [1.807, 2.05) is 48.5 Å². The summed E-state index contributed by atoms with van der Waals surface area (Å²) >= 11 is 6.37. The minimum absolute atomic E-state index is 0.168. The van der Waals surface area contributed by atoms with Gasteiger partial charge in [-0.25, -0.2) is 13.1 Å². The molecule has 156 valence electrons. The molecule has 0 radical (unpaired) electrons. The number of pyridine rings is 1. The number of nitrogens with one attached hydrogen (secondary N) is 1. The SMILES string of the molecule is CS(=O)(=O)NC1CCc2c(Cl)ccc(=O)n2C1Cc1cccc(-c2ccccc2)c1. The Bertz CT molecular complexity index is 1220. The zero-order valence-corrected chi connectivity index (χ0v) is 18.2. The van der Waals surface area contributed by atoms with Crippen LogP contribution < -0.4 is 10.3 Å². The van der Waals surface area contributed by atoms with Crippen molar-refractivity contribution in [3.8, 4) is 11.1 Å². The van der Waals surface area contributed by atoms with Gasteiger partial charge < -0.3 is 4.57 Å². The third-order valence-electron chi connectivity index (χ3n) is 5.51. The molecule has 1 aliphatic rings. The summed E-state index contributed by atoms with van der Waals surface area (Å²) < 4.78 is 28.4. The van der Waals surface area contributed by atoms with Gasteiger partial charge in [0.1, 0.15) is 0 Å². The normalized spacial score (nSPS) is 18.7. The molecule has 5 nitrogen and oxygen atoms in total. The summed E-state index contributed by atoms with van der Waals surface area (Å²) in [5, 5.41) is 0.537. The maximum absolute atomic E-state index is 12.7. The first-order valence-corrected chi connectivity index (χ1v) is 12.1. The predicted molar refractivity (Wildman–Crippen MR) is 120 cm³/mol. The van der Waals surface area contributed by atoms with E-state index < -0.39 is 10.0 Å². The number of rotatable bonds is 5. The maximum atomic E-state index is 12.7. The molecule has 1 aromatic heterocycles. The fraction of sp³-hybridized carbons (Fsp3) is 0.261. The number of hydrogen-bond acceptors (Lipinski definition) is 3. The van der Waals surface area contributed by atoms with E-state index >= 15 is 0 Å². The number of aromatic nitrogens is 1. The Morgan fingerprint density at radius 2 is 1.77 bits per heavy atom. The lowest BCUT2D eigenvalue weighted by Crippen LogP contribution is -2.48. The summed E-state index contributed by atoms with van der Waals surface area (Å²) in [6.07, 6.45) is 2.79. The van der Waals surface area contributed by atoms with Crippen molar-refractivity contribution in [2.24, 2.45) is 0 Å². The summed E-state index contributed by atoms with van der Waals surface area (Å²) in [6, 6.07) is 20.5. The van der Waals surface area contributed by atoms with Crippen molar-refractivity contribution >= 4 is 21.6 Å². The summed E-state index contributed by atoms with van der Waals surface area (Å²) in [6.45, 7) is 0. The number of halogens is 1. The van der Waals surface area contributed by atoms with Crippen molar-refractivity contribution in [2.45, 2.75) is 31.3 Å². The lowest BCUT2D eigenvalue weighted by atomic mass is 9.90. The molecule has 4 rings (SSSR count). The highest BCUT2D eigenvalue weighted by Crippen LogP contribution is 2.31. The minimum Gasteiger partial charge on any atom is -0.306 e. The van der Waals surface area contributed by atoms with E-state index in [2.05, 4.69) is 10.8 Å². The summed E-state index contributed by atoms with van der Waals surface area (Å²) in [7, 11) is -3.42. The molecule has 2 aromatic carbocycles. The van der Waals surface area contributed by atoms with E-state index in [9.17, 15) is 13.2 Å². The molecule has 3 aromatic rings. The van der Waals surface area contributed by atoms with Gasteiger partial charge in [0.2, 0.25) is 10.0 Å². The standard InChI is InChI=1S/C23H23ClN2O3S/c1-30(28,29)25-20-11-12-21-19(24)10-13-23(27)26(21)22(20)15-16-6-5-9-18(14-16)17-7-3-2-4-8-17/h2-10,13-14,20,22,25H,11-12,15H2,1H3. The van der Waals surface area contributed by atoms with Crippen LogP contribution in [-0.2, 0) is 22.9 Å². The summed E-state index contributed by atoms with van der Waals surface area (Å²) in [4.78, 5) is 12.7. The van der Waals surface area contributed by atoms with Gasteiger partial charge in [0.25, 0.3) is 5.56 Å². The molecular weight excluding hydrogens is 420 g/mol. The first kappa shape index (κ1) is 20.8. The molecule has 0 spiro atoms. The number of nitrogens with zero attached hydrogens (tertiary/aromatic N) is 1. The van der Waals surface area contributed by atoms with Gasteiger partial charge >= 0.3 is 0 Å². The van der Waals surface area contributed by atoms with Crippen LogP contribution in [0.1, 0.15) is 23.7 Å². The second kappa shape index (κ2) is 8.38. The first-order valence-electron chi connectivity index (χ1n) is 9.83. The van der Waals surface area contributed by atoms with Crippen LogP contribution in [0.25, 0.3) is 11.1 Å². The van der Waals surface area contributed by atoms with Crippen molar-refractivity contribution < 1.29 is 8.42 Å². The minimum atomic E-state index is -3.42. The Hall–Kier alpha value is -2.41. The van der Waals surface area contributed by atoms with Gasteiger partial charge in [-0.05, 0) is 42.0 Å². The lowest BCUT2D eigenvalue weighted by Gasteiger charge is -2.36. The van der Waals surface area contributed by atoms with Gasteiger partial charge in [-0.15, -0.1) is 0 Å². The Labute approximate surface area is 181 Å². The Morgan fingerprint density at radius 1 is 1.03 bits per heavy atom. The molecule has 0 amide bonds. The van der Waals surface area contributed by atoms with Gasteiger partial charge in [-0.3, -0.25) is 4.79 Å². The smallest absolute Gasteiger partial charge is 0.251 e. The van der Waals surface area contributed by atoms with Crippen molar-refractivity contribution in [3.63, 3.8) is 0 Å². The highest BCUT2D eigenvalue weighted by Gasteiger charge is 2.33. The van der Waals surface area contributed by atoms with Crippen molar-refractivity contribution in [1.82, 2.24) is 9.29 Å². The second-order valence-electron chi connectivity index (χ2n) is 7.71. The van der Waals surface area contributed by atoms with Crippen LogP contribution in [0.2, 0.25) is 5.02 Å². The van der Waals surface area contributed by atoms with Gasteiger partial charge in [-0.2, -0.15) is 0 Å². The van der Waals surface area contributed by atoms with Crippen molar-refractivity contribution in [2.75, 3.05) is 6.26 Å². The van der Waals surface area contributed by atoms with Crippen LogP contribution in [0, 0.1) is 0 Å². The number of fused-ring (bicyclic) bond motifs is 1. The molecule has 0 aliphatic carbocycles. The van der Waals surface area contributed by atoms with Crippen LogP contribution in [0.5, 0.6) is 0 Å². The summed E-state index contributed by atoms with van der Waals surface area (Å²) in [5.74, 6) is 0. The fourth-order valence-electron chi connectivity index (χ4n) is 4.23. The molecular formula is C23H23ClN2O3S. The Balaban J connectivity index is 1.75. The zero-order valence-electron chi connectivity index (χ0n) is 16.6. The monoisotopic (exact) mass is 442 g/mol. The topological polar surface area (TPSA) is 68.2 Å². The lowest BCUT2D eigenvalue weighted by molar-refractivity contribution is 0.315. The maximum Gasteiger partial charge on any atom is 0.251 e. The molecule has 2 unspecified atom stereocenters. The number of hydrogen-bond donors (Lipinski definition) is 1. The van der Waals surface area contributed by atoms with Crippen LogP contribution >= 0.6 is 11.6 Å². The highest BCUT2D eigenvalue weighted by molar-refractivity contribution is 7.88. The van der Waals surface area contributed by atoms with E-state index in [-0.39, 0.29) is 17.6 Å². The van der Waals surface area contributed by atoms with Crippen LogP contribution in [0.15, 0.2) is 71.5 Å². The average Bonchev–Trinajstić information content (AvgIpc) is 2.72. The molecule has 0 saturated carbocycles. The van der Waals surface area contributed by atoms with E-state index in [1.54, 1.807) is 10.6 Å². The van der Waals surface area contributed by atoms with Crippen LogP contribution in [0.4, 0.5) is 0 Å². The molecule has 2 heterocycles.